The summed E-state index contributed by atoms with van der Waals surface area (Å²) in [5.74, 6) is 0.103. The molecule has 0 atom stereocenters. The van der Waals surface area contributed by atoms with Gasteiger partial charge in [-0.3, -0.25) is 9.52 Å². The lowest BCUT2D eigenvalue weighted by atomic mass is 10.1. The highest BCUT2D eigenvalue weighted by Crippen LogP contribution is 2.21. The SMILES string of the molecule is CSc1ccc(S(=O)(=O)Nc2ccc(C(=O)c3nccn3C)cc2)cc1. The smallest absolute Gasteiger partial charge is 0.261 e. The fourth-order valence-corrected chi connectivity index (χ4v) is 3.84. The second-order valence-corrected chi connectivity index (χ2v) is 8.11. The van der Waals surface area contributed by atoms with E-state index in [0.29, 0.717) is 17.1 Å². The van der Waals surface area contributed by atoms with Gasteiger partial charge in [0.05, 0.1) is 4.90 Å². The number of rotatable bonds is 6. The summed E-state index contributed by atoms with van der Waals surface area (Å²) in [5, 5.41) is 0. The monoisotopic (exact) mass is 387 g/mol. The van der Waals surface area contributed by atoms with Gasteiger partial charge in [0.1, 0.15) is 0 Å². The Morgan fingerprint density at radius 2 is 1.73 bits per heavy atom. The molecule has 2 aromatic carbocycles. The highest BCUT2D eigenvalue weighted by Gasteiger charge is 2.16. The van der Waals surface area contributed by atoms with Crippen molar-refractivity contribution >= 4 is 33.3 Å². The van der Waals surface area contributed by atoms with Crippen molar-refractivity contribution in [2.45, 2.75) is 9.79 Å². The first-order valence-electron chi connectivity index (χ1n) is 7.69. The number of imidazole rings is 1. The van der Waals surface area contributed by atoms with Crippen molar-refractivity contribution in [1.82, 2.24) is 9.55 Å². The lowest BCUT2D eigenvalue weighted by molar-refractivity contribution is 0.102. The van der Waals surface area contributed by atoms with Crippen LogP contribution in [0.4, 0.5) is 5.69 Å². The zero-order valence-corrected chi connectivity index (χ0v) is 15.8. The number of nitrogens with one attached hydrogen (secondary N) is 1. The van der Waals surface area contributed by atoms with Crippen molar-refractivity contribution in [1.29, 1.82) is 0 Å². The normalized spacial score (nSPS) is 11.3. The Labute approximate surface area is 156 Å². The van der Waals surface area contributed by atoms with E-state index in [1.807, 2.05) is 6.26 Å². The fourth-order valence-electron chi connectivity index (χ4n) is 2.37. The molecule has 0 saturated heterocycles. The molecule has 1 heterocycles. The number of hydrogen-bond acceptors (Lipinski definition) is 5. The summed E-state index contributed by atoms with van der Waals surface area (Å²) in [6.45, 7) is 0. The van der Waals surface area contributed by atoms with Crippen molar-refractivity contribution in [3.63, 3.8) is 0 Å². The number of benzene rings is 2. The third-order valence-corrected chi connectivity index (χ3v) is 5.93. The van der Waals surface area contributed by atoms with E-state index < -0.39 is 10.0 Å². The predicted molar refractivity (Wildman–Crippen MR) is 102 cm³/mol. The molecule has 6 nitrogen and oxygen atoms in total. The van der Waals surface area contributed by atoms with Gasteiger partial charge < -0.3 is 4.57 Å². The van der Waals surface area contributed by atoms with Crippen molar-refractivity contribution in [2.24, 2.45) is 7.05 Å². The van der Waals surface area contributed by atoms with Crippen molar-refractivity contribution < 1.29 is 13.2 Å². The van der Waals surface area contributed by atoms with Gasteiger partial charge in [-0.05, 0) is 54.8 Å². The Hall–Kier alpha value is -2.58. The van der Waals surface area contributed by atoms with E-state index in [0.717, 1.165) is 4.90 Å². The van der Waals surface area contributed by atoms with E-state index in [2.05, 4.69) is 9.71 Å². The largest absolute Gasteiger partial charge is 0.331 e. The molecular weight excluding hydrogens is 370 g/mol. The zero-order chi connectivity index (χ0) is 18.7. The first-order valence-corrected chi connectivity index (χ1v) is 10.4. The molecule has 0 aliphatic carbocycles. The number of aromatic nitrogens is 2. The van der Waals surface area contributed by atoms with E-state index in [1.165, 1.54) is 0 Å². The molecule has 1 aromatic heterocycles. The van der Waals surface area contributed by atoms with Crippen LogP contribution in [-0.4, -0.2) is 30.0 Å². The van der Waals surface area contributed by atoms with E-state index in [9.17, 15) is 13.2 Å². The van der Waals surface area contributed by atoms with Gasteiger partial charge in [0.15, 0.2) is 5.82 Å². The third kappa shape index (κ3) is 3.81. The molecule has 0 spiro atoms. The summed E-state index contributed by atoms with van der Waals surface area (Å²) in [6, 6.07) is 12.9. The molecule has 0 unspecified atom stereocenters. The lowest BCUT2D eigenvalue weighted by Crippen LogP contribution is -2.13. The molecular formula is C18H17N3O3S2. The summed E-state index contributed by atoms with van der Waals surface area (Å²) >= 11 is 1.54. The average Bonchev–Trinajstić information content (AvgIpc) is 3.07. The summed E-state index contributed by atoms with van der Waals surface area (Å²) in [6.07, 6.45) is 5.17. The average molecular weight is 387 g/mol. The van der Waals surface area contributed by atoms with Crippen LogP contribution in [-0.2, 0) is 17.1 Å². The Bertz CT molecular complexity index is 1020. The van der Waals surface area contributed by atoms with Gasteiger partial charge in [-0.2, -0.15) is 0 Å². The second-order valence-electron chi connectivity index (χ2n) is 5.55. The molecule has 0 fully saturated rings. The van der Waals surface area contributed by atoms with E-state index in [1.54, 1.807) is 84.3 Å². The third-order valence-electron chi connectivity index (χ3n) is 3.79. The number of nitrogens with zero attached hydrogens (tertiary/aromatic N) is 2. The first kappa shape index (κ1) is 18.2. The highest BCUT2D eigenvalue weighted by atomic mass is 32.2. The number of carbonyl (C=O) groups excluding carboxylic acids is 1. The number of ketones is 1. The van der Waals surface area contributed by atoms with Crippen LogP contribution < -0.4 is 4.72 Å². The van der Waals surface area contributed by atoms with Gasteiger partial charge in [0, 0.05) is 35.6 Å². The first-order chi connectivity index (χ1) is 12.4. The topological polar surface area (TPSA) is 81.1 Å². The van der Waals surface area contributed by atoms with Gasteiger partial charge in [0.2, 0.25) is 5.78 Å². The van der Waals surface area contributed by atoms with Gasteiger partial charge >= 0.3 is 0 Å². The molecule has 0 saturated carbocycles. The lowest BCUT2D eigenvalue weighted by Gasteiger charge is -2.09. The molecule has 1 N–H and O–H groups in total. The summed E-state index contributed by atoms with van der Waals surface area (Å²) in [5.41, 5.74) is 0.821. The van der Waals surface area contributed by atoms with Gasteiger partial charge in [-0.15, -0.1) is 11.8 Å². The summed E-state index contributed by atoms with van der Waals surface area (Å²) in [4.78, 5) is 17.6. The van der Waals surface area contributed by atoms with Crippen LogP contribution in [0.15, 0.2) is 70.7 Å². The van der Waals surface area contributed by atoms with Gasteiger partial charge in [0.25, 0.3) is 10.0 Å². The quantitative estimate of drug-likeness (QED) is 0.519. The Balaban J connectivity index is 1.78. The molecule has 3 aromatic rings. The van der Waals surface area contributed by atoms with Crippen LogP contribution in [0.25, 0.3) is 0 Å². The van der Waals surface area contributed by atoms with Gasteiger partial charge in [-0.1, -0.05) is 0 Å². The molecule has 0 amide bonds. The number of hydrogen-bond donors (Lipinski definition) is 1. The highest BCUT2D eigenvalue weighted by molar-refractivity contribution is 7.98. The number of thioether (sulfide) groups is 1. The fraction of sp³-hybridized carbons (Fsp3) is 0.111. The van der Waals surface area contributed by atoms with Crippen LogP contribution in [0, 0.1) is 0 Å². The molecule has 0 aliphatic heterocycles. The van der Waals surface area contributed by atoms with Crippen LogP contribution in [0.5, 0.6) is 0 Å². The molecule has 3 rings (SSSR count). The van der Waals surface area contributed by atoms with Crippen LogP contribution in [0.2, 0.25) is 0 Å². The van der Waals surface area contributed by atoms with Crippen molar-refractivity contribution in [2.75, 3.05) is 11.0 Å². The number of carbonyl (C=O) groups is 1. The maximum absolute atomic E-state index is 12.5. The predicted octanol–water partition coefficient (Wildman–Crippen LogP) is 3.17. The Morgan fingerprint density at radius 1 is 1.08 bits per heavy atom. The maximum Gasteiger partial charge on any atom is 0.261 e. The van der Waals surface area contributed by atoms with Crippen molar-refractivity contribution in [3.05, 3.63) is 72.3 Å². The van der Waals surface area contributed by atoms with Crippen LogP contribution in [0.1, 0.15) is 16.2 Å². The van der Waals surface area contributed by atoms with E-state index in [4.69, 9.17) is 0 Å². The van der Waals surface area contributed by atoms with E-state index >= 15 is 0 Å². The Morgan fingerprint density at radius 3 is 2.27 bits per heavy atom. The van der Waals surface area contributed by atoms with Crippen molar-refractivity contribution in [3.8, 4) is 0 Å². The minimum Gasteiger partial charge on any atom is -0.331 e. The summed E-state index contributed by atoms with van der Waals surface area (Å²) < 4.78 is 29.1. The zero-order valence-electron chi connectivity index (χ0n) is 14.2. The molecule has 0 radical (unpaired) electrons. The number of aryl methyl sites for hydroxylation is 1. The molecule has 0 aliphatic rings. The molecule has 26 heavy (non-hydrogen) atoms. The number of anilines is 1. The van der Waals surface area contributed by atoms with Gasteiger partial charge in [-0.25, -0.2) is 13.4 Å². The molecule has 0 bridgehead atoms. The Kier molecular flexibility index (Phi) is 5.15. The minimum atomic E-state index is -3.68. The number of sulfonamides is 1. The van der Waals surface area contributed by atoms with E-state index in [-0.39, 0.29) is 10.7 Å². The maximum atomic E-state index is 12.5. The van der Waals surface area contributed by atoms with Crippen LogP contribution >= 0.6 is 11.8 Å². The molecule has 134 valence electrons. The molecule has 8 heteroatoms. The second kappa shape index (κ2) is 7.35. The summed E-state index contributed by atoms with van der Waals surface area (Å²) in [7, 11) is -1.94. The van der Waals surface area contributed by atoms with Crippen LogP contribution in [0.3, 0.4) is 0 Å². The standard InChI is InChI=1S/C18H17N3O3S2/c1-21-12-11-19-18(21)17(22)13-3-5-14(6-4-13)20-26(23,24)16-9-7-15(25-2)8-10-16/h3-12,20H,1-2H3. The minimum absolute atomic E-state index is 0.184.